The zero-order chi connectivity index (χ0) is 5.86. The van der Waals surface area contributed by atoms with E-state index in [0.717, 1.165) is 0 Å². The van der Waals surface area contributed by atoms with E-state index in [-0.39, 0.29) is 6.42 Å². The fourth-order valence-electron chi connectivity index (χ4n) is 0.139. The average molecular weight is 121 g/mol. The van der Waals surface area contributed by atoms with Gasteiger partial charge in [-0.2, -0.15) is 0 Å². The predicted octanol–water partition coefficient (Wildman–Crippen LogP) is 0.731. The Morgan fingerprint density at radius 1 is 1.57 bits per heavy atom. The van der Waals surface area contributed by atoms with E-state index in [4.69, 9.17) is 11.6 Å². The van der Waals surface area contributed by atoms with E-state index in [1.54, 1.807) is 6.92 Å². The minimum absolute atomic E-state index is 0.197. The van der Waals surface area contributed by atoms with Crippen molar-refractivity contribution in [1.82, 2.24) is 0 Å². The average Bonchev–Trinajstić information content (AvgIpc) is 1.65. The first-order valence-corrected chi connectivity index (χ1v) is 2.29. The Balaban J connectivity index is 3.58. The summed E-state index contributed by atoms with van der Waals surface area (Å²) in [5, 5.41) is -0.873. The van der Waals surface area contributed by atoms with Gasteiger partial charge in [0.15, 0.2) is 0 Å². The van der Waals surface area contributed by atoms with Crippen LogP contribution in [0, 0.1) is 0 Å². The predicted molar refractivity (Wildman–Crippen MR) is 26.2 cm³/mol. The maximum Gasteiger partial charge on any atom is 0.288 e. The molecule has 0 aliphatic heterocycles. The van der Waals surface area contributed by atoms with E-state index in [1.807, 2.05) is 0 Å². The van der Waals surface area contributed by atoms with Crippen LogP contribution in [0.25, 0.3) is 0 Å². The molecule has 0 aliphatic carbocycles. The zero-order valence-electron chi connectivity index (χ0n) is 3.90. The van der Waals surface area contributed by atoms with Crippen LogP contribution >= 0.6 is 11.6 Å². The molecule has 40 valence electrons. The number of carbonyl (C=O) groups excluding carboxylic acids is 2. The van der Waals surface area contributed by atoms with Crippen molar-refractivity contribution in [2.45, 2.75) is 13.3 Å². The van der Waals surface area contributed by atoms with E-state index >= 15 is 0 Å². The van der Waals surface area contributed by atoms with Crippen LogP contribution < -0.4 is 0 Å². The molecule has 2 nitrogen and oxygen atoms in total. The van der Waals surface area contributed by atoms with Crippen molar-refractivity contribution in [2.24, 2.45) is 0 Å². The lowest BCUT2D eigenvalue weighted by atomic mass is 10.3. The monoisotopic (exact) mass is 120 g/mol. The molecule has 0 aliphatic rings. The minimum atomic E-state index is -0.873. The third-order valence-corrected chi connectivity index (χ3v) is 0.751. The Morgan fingerprint density at radius 3 is 2.00 bits per heavy atom. The van der Waals surface area contributed by atoms with Gasteiger partial charge in [0.1, 0.15) is 0 Å². The summed E-state index contributed by atoms with van der Waals surface area (Å²) in [5.41, 5.74) is 0. The number of hydrogen-bond donors (Lipinski definition) is 0. The number of halogens is 1. The quantitative estimate of drug-likeness (QED) is 0.398. The summed E-state index contributed by atoms with van der Waals surface area (Å²) in [4.78, 5) is 19.8. The van der Waals surface area contributed by atoms with Gasteiger partial charge in [-0.1, -0.05) is 6.92 Å². The summed E-state index contributed by atoms with van der Waals surface area (Å²) >= 11 is 4.74. The second kappa shape index (κ2) is 2.75. The molecule has 0 aromatic heterocycles. The van der Waals surface area contributed by atoms with E-state index in [9.17, 15) is 9.59 Å². The molecule has 0 bridgehead atoms. The van der Waals surface area contributed by atoms with Crippen molar-refractivity contribution in [1.29, 1.82) is 0 Å². The first kappa shape index (κ1) is 6.63. The molecule has 0 atom stereocenters. The highest BCUT2D eigenvalue weighted by Crippen LogP contribution is 1.85. The summed E-state index contributed by atoms with van der Waals surface area (Å²) < 4.78 is 0. The molecule has 0 N–H and O–H groups in total. The summed E-state index contributed by atoms with van der Waals surface area (Å²) in [6.07, 6.45) is 0.197. The fourth-order valence-corrected chi connectivity index (χ4v) is 0.273. The number of ketones is 1. The highest BCUT2D eigenvalue weighted by Gasteiger charge is 2.04. The summed E-state index contributed by atoms with van der Waals surface area (Å²) in [6, 6.07) is 0. The smallest absolute Gasteiger partial charge is 0.288 e. The highest BCUT2D eigenvalue weighted by atomic mass is 35.5. The van der Waals surface area contributed by atoms with E-state index in [2.05, 4.69) is 0 Å². The van der Waals surface area contributed by atoms with Gasteiger partial charge in [0, 0.05) is 6.42 Å². The van der Waals surface area contributed by atoms with Gasteiger partial charge in [0.2, 0.25) is 5.78 Å². The van der Waals surface area contributed by atoms with E-state index in [0.29, 0.717) is 0 Å². The normalized spacial score (nSPS) is 8.29. The lowest BCUT2D eigenvalue weighted by Crippen LogP contribution is -2.03. The third kappa shape index (κ3) is 2.34. The van der Waals surface area contributed by atoms with Gasteiger partial charge in [-0.25, -0.2) is 0 Å². The first-order valence-electron chi connectivity index (χ1n) is 1.91. The largest absolute Gasteiger partial charge is 0.289 e. The zero-order valence-corrected chi connectivity index (χ0v) is 4.66. The van der Waals surface area contributed by atoms with Gasteiger partial charge in [0.05, 0.1) is 0 Å². The molecule has 0 rings (SSSR count). The molecule has 0 heterocycles. The number of hydrogen-bond acceptors (Lipinski definition) is 2. The van der Waals surface area contributed by atoms with Crippen LogP contribution in [0.1, 0.15) is 13.3 Å². The third-order valence-electron chi connectivity index (χ3n) is 0.540. The second-order valence-electron chi connectivity index (χ2n) is 1.05. The second-order valence-corrected chi connectivity index (χ2v) is 1.39. The molecule has 0 amide bonds. The maximum atomic E-state index is 10.0. The SMILES string of the molecule is CCC(=O)C(=O)Cl. The van der Waals surface area contributed by atoms with Gasteiger partial charge < -0.3 is 0 Å². The van der Waals surface area contributed by atoms with Crippen LogP contribution in [0.15, 0.2) is 0 Å². The summed E-state index contributed by atoms with van der Waals surface area (Å²) in [5.74, 6) is -0.526. The molecule has 7 heavy (non-hydrogen) atoms. The van der Waals surface area contributed by atoms with Crippen LogP contribution in [0.4, 0.5) is 0 Å². The molecule has 0 fully saturated rings. The van der Waals surface area contributed by atoms with Crippen molar-refractivity contribution in [3.05, 3.63) is 0 Å². The van der Waals surface area contributed by atoms with Gasteiger partial charge in [-0.05, 0) is 11.6 Å². The van der Waals surface area contributed by atoms with Crippen molar-refractivity contribution >= 4 is 22.6 Å². The lowest BCUT2D eigenvalue weighted by molar-refractivity contribution is -0.131. The minimum Gasteiger partial charge on any atom is -0.289 e. The van der Waals surface area contributed by atoms with Crippen molar-refractivity contribution in [3.63, 3.8) is 0 Å². The molecule has 0 unspecified atom stereocenters. The van der Waals surface area contributed by atoms with Gasteiger partial charge in [-0.15, -0.1) is 0 Å². The molecule has 3 heteroatoms. The topological polar surface area (TPSA) is 34.1 Å². The van der Waals surface area contributed by atoms with Crippen LogP contribution in [-0.4, -0.2) is 11.0 Å². The fraction of sp³-hybridized carbons (Fsp3) is 0.500. The van der Waals surface area contributed by atoms with Crippen molar-refractivity contribution in [3.8, 4) is 0 Å². The van der Waals surface area contributed by atoms with Crippen molar-refractivity contribution in [2.75, 3.05) is 0 Å². The summed E-state index contributed by atoms with van der Waals surface area (Å²) in [6.45, 7) is 1.59. The van der Waals surface area contributed by atoms with Gasteiger partial charge in [-0.3, -0.25) is 9.59 Å². The Labute approximate surface area is 46.5 Å². The van der Waals surface area contributed by atoms with Crippen LogP contribution in [0.2, 0.25) is 0 Å². The molecule has 0 saturated heterocycles. The molecule has 0 spiro atoms. The van der Waals surface area contributed by atoms with Crippen LogP contribution in [0.3, 0.4) is 0 Å². The standard InChI is InChI=1S/C4H5ClO2/c1-2-3(6)4(5)7/h2H2,1H3. The molecule has 0 aromatic carbocycles. The highest BCUT2D eigenvalue weighted by molar-refractivity contribution is 6.81. The Hall–Kier alpha value is -0.370. The first-order chi connectivity index (χ1) is 3.18. The number of Topliss-reactive ketones (excluding diaryl/α,β-unsaturated/α-hetero) is 1. The van der Waals surface area contributed by atoms with Crippen LogP contribution in [0.5, 0.6) is 0 Å². The maximum absolute atomic E-state index is 10.0. The molecular weight excluding hydrogens is 115 g/mol. The summed E-state index contributed by atoms with van der Waals surface area (Å²) in [7, 11) is 0. The Kier molecular flexibility index (Phi) is 2.60. The van der Waals surface area contributed by atoms with E-state index < -0.39 is 11.0 Å². The molecule has 0 saturated carbocycles. The Morgan fingerprint density at radius 2 is 2.00 bits per heavy atom. The van der Waals surface area contributed by atoms with E-state index in [1.165, 1.54) is 0 Å². The van der Waals surface area contributed by atoms with Gasteiger partial charge >= 0.3 is 0 Å². The molecular formula is C4H5ClO2. The van der Waals surface area contributed by atoms with Crippen molar-refractivity contribution < 1.29 is 9.59 Å². The number of carbonyl (C=O) groups is 2. The number of rotatable bonds is 2. The molecule has 0 aromatic rings. The Bertz CT molecular complexity index is 97.9. The molecule has 0 radical (unpaired) electrons. The van der Waals surface area contributed by atoms with Gasteiger partial charge in [0.25, 0.3) is 5.24 Å². The van der Waals surface area contributed by atoms with Crippen LogP contribution in [-0.2, 0) is 9.59 Å². The lowest BCUT2D eigenvalue weighted by Gasteiger charge is -1.79.